The summed E-state index contributed by atoms with van der Waals surface area (Å²) < 4.78 is 1.96. The molecule has 6 nitrogen and oxygen atoms in total. The first-order valence-electron chi connectivity index (χ1n) is 6.77. The molecule has 0 aliphatic carbocycles. The summed E-state index contributed by atoms with van der Waals surface area (Å²) in [5.41, 5.74) is 1.81. The van der Waals surface area contributed by atoms with Crippen molar-refractivity contribution in [1.29, 1.82) is 0 Å². The molecule has 0 saturated carbocycles. The van der Waals surface area contributed by atoms with Crippen molar-refractivity contribution >= 4 is 23.2 Å². The van der Waals surface area contributed by atoms with E-state index >= 15 is 0 Å². The minimum atomic E-state index is 0.662. The Labute approximate surface area is 127 Å². The van der Waals surface area contributed by atoms with E-state index in [2.05, 4.69) is 25.5 Å². The number of aryl methyl sites for hydroxylation is 1. The van der Waals surface area contributed by atoms with Crippen LogP contribution in [0.2, 0.25) is 0 Å². The highest BCUT2D eigenvalue weighted by molar-refractivity contribution is 7.98. The fourth-order valence-electron chi connectivity index (χ4n) is 2.01. The largest absolute Gasteiger partial charge is 0.370 e. The molecule has 108 valence electrons. The van der Waals surface area contributed by atoms with Gasteiger partial charge in [0.1, 0.15) is 11.6 Å². The summed E-state index contributed by atoms with van der Waals surface area (Å²) >= 11 is 1.58. The maximum absolute atomic E-state index is 4.50. The lowest BCUT2D eigenvalue weighted by Gasteiger charge is -2.06. The zero-order valence-electron chi connectivity index (χ0n) is 11.9. The fourth-order valence-corrected chi connectivity index (χ4v) is 2.79. The molecule has 7 heteroatoms. The van der Waals surface area contributed by atoms with E-state index in [1.54, 1.807) is 11.8 Å². The van der Waals surface area contributed by atoms with Crippen molar-refractivity contribution in [3.63, 3.8) is 0 Å². The third-order valence-electron chi connectivity index (χ3n) is 2.87. The van der Waals surface area contributed by atoms with E-state index in [0.29, 0.717) is 5.75 Å². The van der Waals surface area contributed by atoms with Crippen LogP contribution >= 0.6 is 11.8 Å². The summed E-state index contributed by atoms with van der Waals surface area (Å²) in [6.45, 7) is 4.87. The molecule has 3 aromatic rings. The van der Waals surface area contributed by atoms with Gasteiger partial charge in [0.25, 0.3) is 0 Å². The molecular weight excluding hydrogens is 284 g/mol. The van der Waals surface area contributed by atoms with Crippen molar-refractivity contribution in [3.05, 3.63) is 42.0 Å². The van der Waals surface area contributed by atoms with Gasteiger partial charge in [-0.3, -0.25) is 4.40 Å². The van der Waals surface area contributed by atoms with Gasteiger partial charge in [0, 0.05) is 24.5 Å². The smallest absolute Gasteiger partial charge is 0.196 e. The molecule has 0 atom stereocenters. The average Bonchev–Trinajstić information content (AvgIpc) is 2.88. The van der Waals surface area contributed by atoms with Crippen LogP contribution in [0.15, 0.2) is 35.6 Å². The van der Waals surface area contributed by atoms with Gasteiger partial charge in [-0.2, -0.15) is 0 Å². The van der Waals surface area contributed by atoms with Crippen LogP contribution in [0, 0.1) is 6.92 Å². The van der Waals surface area contributed by atoms with Gasteiger partial charge in [-0.25, -0.2) is 9.97 Å². The van der Waals surface area contributed by atoms with Gasteiger partial charge in [0.2, 0.25) is 0 Å². The van der Waals surface area contributed by atoms with Crippen molar-refractivity contribution in [3.8, 4) is 0 Å². The summed E-state index contributed by atoms with van der Waals surface area (Å²) in [6, 6.07) is 7.80. The molecule has 1 N–H and O–H groups in total. The zero-order valence-corrected chi connectivity index (χ0v) is 12.8. The lowest BCUT2D eigenvalue weighted by Crippen LogP contribution is -2.04. The normalized spacial score (nSPS) is 11.0. The van der Waals surface area contributed by atoms with E-state index < -0.39 is 0 Å². The Bertz CT molecular complexity index is 754. The maximum atomic E-state index is 4.50. The molecule has 0 aliphatic rings. The molecule has 0 unspecified atom stereocenters. The molecule has 0 spiro atoms. The third-order valence-corrected chi connectivity index (χ3v) is 3.81. The Balaban J connectivity index is 1.78. The van der Waals surface area contributed by atoms with Crippen molar-refractivity contribution < 1.29 is 0 Å². The number of hydrogen-bond acceptors (Lipinski definition) is 6. The highest BCUT2D eigenvalue weighted by Crippen LogP contribution is 2.20. The van der Waals surface area contributed by atoms with Gasteiger partial charge >= 0.3 is 0 Å². The molecule has 21 heavy (non-hydrogen) atoms. The van der Waals surface area contributed by atoms with Crippen LogP contribution in [0.5, 0.6) is 0 Å². The van der Waals surface area contributed by atoms with Crippen molar-refractivity contribution in [2.24, 2.45) is 0 Å². The van der Waals surface area contributed by atoms with E-state index in [4.69, 9.17) is 0 Å². The average molecular weight is 300 g/mol. The Hall–Kier alpha value is -2.15. The van der Waals surface area contributed by atoms with E-state index in [-0.39, 0.29) is 0 Å². The molecule has 0 radical (unpaired) electrons. The number of aromatic nitrogens is 5. The van der Waals surface area contributed by atoms with Gasteiger partial charge in [-0.05, 0) is 26.0 Å². The zero-order chi connectivity index (χ0) is 14.7. The number of rotatable bonds is 5. The van der Waals surface area contributed by atoms with Crippen molar-refractivity contribution in [2.75, 3.05) is 11.9 Å². The van der Waals surface area contributed by atoms with Gasteiger partial charge in [-0.15, -0.1) is 10.2 Å². The molecular formula is C14H16N6S. The number of anilines is 1. The number of nitrogens with zero attached hydrogens (tertiary/aromatic N) is 5. The molecule has 0 aromatic carbocycles. The van der Waals surface area contributed by atoms with Gasteiger partial charge in [-0.1, -0.05) is 17.8 Å². The molecule has 0 aliphatic heterocycles. The SMILES string of the molecule is CCNc1cc(C)nc(CSc2nnc3ccccn23)n1. The second-order valence-corrected chi connectivity index (χ2v) is 5.48. The molecule has 0 saturated heterocycles. The summed E-state index contributed by atoms with van der Waals surface area (Å²) in [7, 11) is 0. The topological polar surface area (TPSA) is 68.0 Å². The van der Waals surface area contributed by atoms with Crippen LogP contribution in [-0.2, 0) is 5.75 Å². The van der Waals surface area contributed by atoms with E-state index in [1.165, 1.54) is 0 Å². The minimum Gasteiger partial charge on any atom is -0.370 e. The molecule has 0 bridgehead atoms. The van der Waals surface area contributed by atoms with Gasteiger partial charge in [0.05, 0.1) is 5.75 Å². The van der Waals surface area contributed by atoms with Crippen LogP contribution < -0.4 is 5.32 Å². The summed E-state index contributed by atoms with van der Waals surface area (Å²) in [5, 5.41) is 12.4. The van der Waals surface area contributed by atoms with Crippen molar-refractivity contribution in [1.82, 2.24) is 24.6 Å². The molecule has 3 rings (SSSR count). The Morgan fingerprint density at radius 3 is 3.00 bits per heavy atom. The lowest BCUT2D eigenvalue weighted by molar-refractivity contribution is 0.914. The second-order valence-electron chi connectivity index (χ2n) is 4.54. The first kappa shape index (κ1) is 13.8. The van der Waals surface area contributed by atoms with Crippen LogP contribution in [0.1, 0.15) is 18.4 Å². The van der Waals surface area contributed by atoms with Gasteiger partial charge in [0.15, 0.2) is 10.8 Å². The predicted octanol–water partition coefficient (Wildman–Crippen LogP) is 2.55. The number of thioether (sulfide) groups is 1. The standard InChI is InChI=1S/C14H16N6S/c1-3-15-11-8-10(2)16-12(17-11)9-21-14-19-18-13-6-4-5-7-20(13)14/h4-8H,3,9H2,1-2H3,(H,15,16,17). The fraction of sp³-hybridized carbons (Fsp3) is 0.286. The molecule has 3 heterocycles. The van der Waals surface area contributed by atoms with Crippen LogP contribution in [-0.4, -0.2) is 31.1 Å². The number of nitrogens with one attached hydrogen (secondary N) is 1. The lowest BCUT2D eigenvalue weighted by atomic mass is 10.4. The monoisotopic (exact) mass is 300 g/mol. The molecule has 0 fully saturated rings. The third kappa shape index (κ3) is 3.13. The van der Waals surface area contributed by atoms with Crippen LogP contribution in [0.25, 0.3) is 5.65 Å². The summed E-state index contributed by atoms with van der Waals surface area (Å²) in [4.78, 5) is 8.97. The van der Waals surface area contributed by atoms with E-state index in [0.717, 1.165) is 34.7 Å². The van der Waals surface area contributed by atoms with E-state index in [1.807, 2.05) is 48.7 Å². The summed E-state index contributed by atoms with van der Waals surface area (Å²) in [6.07, 6.45) is 1.96. The Morgan fingerprint density at radius 1 is 1.24 bits per heavy atom. The number of fused-ring (bicyclic) bond motifs is 1. The first-order chi connectivity index (χ1) is 10.3. The minimum absolute atomic E-state index is 0.662. The Kier molecular flexibility index (Phi) is 4.01. The maximum Gasteiger partial charge on any atom is 0.196 e. The Morgan fingerprint density at radius 2 is 2.14 bits per heavy atom. The van der Waals surface area contributed by atoms with E-state index in [9.17, 15) is 0 Å². The highest BCUT2D eigenvalue weighted by atomic mass is 32.2. The quantitative estimate of drug-likeness (QED) is 0.730. The van der Waals surface area contributed by atoms with Gasteiger partial charge < -0.3 is 5.32 Å². The molecule has 0 amide bonds. The molecule has 3 aromatic heterocycles. The number of hydrogen-bond donors (Lipinski definition) is 1. The highest BCUT2D eigenvalue weighted by Gasteiger charge is 2.08. The predicted molar refractivity (Wildman–Crippen MR) is 83.5 cm³/mol. The second kappa shape index (κ2) is 6.09. The van der Waals surface area contributed by atoms with Crippen LogP contribution in [0.3, 0.4) is 0 Å². The summed E-state index contributed by atoms with van der Waals surface area (Å²) in [5.74, 6) is 2.32. The first-order valence-corrected chi connectivity index (χ1v) is 7.76. The van der Waals surface area contributed by atoms with Crippen LogP contribution in [0.4, 0.5) is 5.82 Å². The van der Waals surface area contributed by atoms with Crippen molar-refractivity contribution in [2.45, 2.75) is 24.8 Å². The number of pyridine rings is 1.